The lowest BCUT2D eigenvalue weighted by molar-refractivity contribution is 0.106. The quantitative estimate of drug-likeness (QED) is 0.775. The van der Waals surface area contributed by atoms with E-state index in [0.717, 1.165) is 0 Å². The highest BCUT2D eigenvalue weighted by molar-refractivity contribution is 5.43. The van der Waals surface area contributed by atoms with Crippen LogP contribution in [0.15, 0.2) is 18.2 Å². The number of fused-ring (bicyclic) bond motifs is 1. The molecule has 1 aliphatic heterocycles. The Bertz CT molecular complexity index is 431. The van der Waals surface area contributed by atoms with Gasteiger partial charge in [0.1, 0.15) is 0 Å². The van der Waals surface area contributed by atoms with Crippen molar-refractivity contribution in [3.05, 3.63) is 34.9 Å². The molecule has 3 rings (SSSR count). The number of hydrogen-bond donors (Lipinski definition) is 1. The Labute approximate surface area is 118 Å². The predicted octanol–water partition coefficient (Wildman–Crippen LogP) is 3.29. The molecule has 2 aliphatic rings. The fourth-order valence-electron chi connectivity index (χ4n) is 3.60. The number of likely N-dealkylation sites (tertiary alicyclic amines) is 1. The van der Waals surface area contributed by atoms with Gasteiger partial charge in [-0.2, -0.15) is 0 Å². The van der Waals surface area contributed by atoms with Crippen molar-refractivity contribution in [3.63, 3.8) is 0 Å². The summed E-state index contributed by atoms with van der Waals surface area (Å²) in [4.78, 5) is 2.42. The summed E-state index contributed by atoms with van der Waals surface area (Å²) in [6.07, 6.45) is 3.70. The molecule has 0 radical (unpaired) electrons. The number of rotatable bonds is 0. The summed E-state index contributed by atoms with van der Waals surface area (Å²) in [7, 11) is 2.21. The van der Waals surface area contributed by atoms with Crippen molar-refractivity contribution in [1.29, 1.82) is 0 Å². The third kappa shape index (κ3) is 2.44. The molecule has 1 fully saturated rings. The third-order valence-electron chi connectivity index (χ3n) is 4.95. The van der Waals surface area contributed by atoms with Gasteiger partial charge in [0.2, 0.25) is 0 Å². The van der Waals surface area contributed by atoms with E-state index in [1.807, 2.05) is 13.8 Å². The zero-order chi connectivity index (χ0) is 14.0. The van der Waals surface area contributed by atoms with Crippen LogP contribution >= 0.6 is 0 Å². The summed E-state index contributed by atoms with van der Waals surface area (Å²) in [5, 5.41) is 0. The van der Waals surface area contributed by atoms with Crippen LogP contribution in [0.2, 0.25) is 0 Å². The standard InChI is InChI=1S/C15H22N2.C2H6/c1-11-4-3-5-12-13(11)10-15(14(12)16)6-8-17(2)9-7-15;1-2/h3-5,14H,6-10,16H2,1-2H3;1-2H3/t14-;/m0./s1. The molecule has 1 aromatic rings. The molecule has 0 aromatic heterocycles. The molecule has 1 aliphatic carbocycles. The highest BCUT2D eigenvalue weighted by Crippen LogP contribution is 2.51. The van der Waals surface area contributed by atoms with E-state index in [1.165, 1.54) is 49.0 Å². The molecule has 0 saturated carbocycles. The van der Waals surface area contributed by atoms with Crippen molar-refractivity contribution in [2.24, 2.45) is 11.1 Å². The number of nitrogens with two attached hydrogens (primary N) is 1. The van der Waals surface area contributed by atoms with E-state index < -0.39 is 0 Å². The first kappa shape index (κ1) is 14.5. The van der Waals surface area contributed by atoms with E-state index in [-0.39, 0.29) is 6.04 Å². The van der Waals surface area contributed by atoms with Gasteiger partial charge in [-0.25, -0.2) is 0 Å². The van der Waals surface area contributed by atoms with Crippen LogP contribution in [0.25, 0.3) is 0 Å². The summed E-state index contributed by atoms with van der Waals surface area (Å²) < 4.78 is 0. The third-order valence-corrected chi connectivity index (χ3v) is 4.95. The largest absolute Gasteiger partial charge is 0.323 e. The van der Waals surface area contributed by atoms with Crippen LogP contribution in [0.1, 0.15) is 49.4 Å². The first-order chi connectivity index (χ1) is 9.12. The van der Waals surface area contributed by atoms with Gasteiger partial charge in [-0.1, -0.05) is 32.0 Å². The fourth-order valence-corrected chi connectivity index (χ4v) is 3.60. The van der Waals surface area contributed by atoms with Gasteiger partial charge in [0.25, 0.3) is 0 Å². The number of hydrogen-bond acceptors (Lipinski definition) is 2. The maximum absolute atomic E-state index is 6.55. The van der Waals surface area contributed by atoms with Gasteiger partial charge in [-0.15, -0.1) is 0 Å². The van der Waals surface area contributed by atoms with Crippen LogP contribution in [-0.2, 0) is 6.42 Å². The number of piperidine rings is 1. The second kappa shape index (κ2) is 5.64. The van der Waals surface area contributed by atoms with Gasteiger partial charge in [0, 0.05) is 6.04 Å². The highest BCUT2D eigenvalue weighted by atomic mass is 15.1. The average Bonchev–Trinajstić information content (AvgIpc) is 2.72. The summed E-state index contributed by atoms with van der Waals surface area (Å²) >= 11 is 0. The average molecular weight is 260 g/mol. The van der Waals surface area contributed by atoms with E-state index in [9.17, 15) is 0 Å². The van der Waals surface area contributed by atoms with Gasteiger partial charge >= 0.3 is 0 Å². The second-order valence-corrected chi connectivity index (χ2v) is 5.96. The number of nitrogens with zero attached hydrogens (tertiary/aromatic N) is 1. The summed E-state index contributed by atoms with van der Waals surface area (Å²) in [5.41, 5.74) is 11.3. The molecular formula is C17H28N2. The number of aryl methyl sites for hydroxylation is 1. The number of benzene rings is 1. The van der Waals surface area contributed by atoms with E-state index >= 15 is 0 Å². The van der Waals surface area contributed by atoms with Crippen molar-refractivity contribution in [1.82, 2.24) is 4.90 Å². The summed E-state index contributed by atoms with van der Waals surface area (Å²) in [5.74, 6) is 0. The molecule has 0 amide bonds. The summed E-state index contributed by atoms with van der Waals surface area (Å²) in [6, 6.07) is 6.87. The lowest BCUT2D eigenvalue weighted by Crippen LogP contribution is -2.42. The maximum Gasteiger partial charge on any atom is 0.0359 e. The zero-order valence-corrected chi connectivity index (χ0v) is 12.9. The minimum absolute atomic E-state index is 0.256. The molecule has 106 valence electrons. The maximum atomic E-state index is 6.55. The molecule has 0 bridgehead atoms. The van der Waals surface area contributed by atoms with Crippen molar-refractivity contribution in [3.8, 4) is 0 Å². The monoisotopic (exact) mass is 260 g/mol. The van der Waals surface area contributed by atoms with E-state index in [2.05, 4.69) is 37.1 Å². The Hall–Kier alpha value is -0.860. The Morgan fingerprint density at radius 1 is 1.21 bits per heavy atom. The van der Waals surface area contributed by atoms with E-state index in [0.29, 0.717) is 5.41 Å². The Morgan fingerprint density at radius 3 is 2.42 bits per heavy atom. The van der Waals surface area contributed by atoms with Crippen LogP contribution < -0.4 is 5.73 Å². The van der Waals surface area contributed by atoms with Crippen molar-refractivity contribution < 1.29 is 0 Å². The molecule has 2 nitrogen and oxygen atoms in total. The molecule has 1 atom stereocenters. The SMILES string of the molecule is CC.Cc1cccc2c1CC1(CCN(C)CC1)[C@H]2N. The first-order valence-corrected chi connectivity index (χ1v) is 7.65. The normalized spacial score (nSPS) is 24.8. The lowest BCUT2D eigenvalue weighted by atomic mass is 9.73. The lowest BCUT2D eigenvalue weighted by Gasteiger charge is -2.41. The molecular weight excluding hydrogens is 232 g/mol. The molecule has 1 spiro atoms. The van der Waals surface area contributed by atoms with Gasteiger partial charge in [-0.3, -0.25) is 0 Å². The van der Waals surface area contributed by atoms with Gasteiger partial charge in [-0.05, 0) is 68.4 Å². The fraction of sp³-hybridized carbons (Fsp3) is 0.647. The Kier molecular flexibility index (Phi) is 4.32. The molecule has 1 aromatic carbocycles. The first-order valence-electron chi connectivity index (χ1n) is 7.65. The van der Waals surface area contributed by atoms with Gasteiger partial charge in [0.05, 0.1) is 0 Å². The van der Waals surface area contributed by atoms with Crippen LogP contribution in [0.3, 0.4) is 0 Å². The van der Waals surface area contributed by atoms with Crippen LogP contribution in [0, 0.1) is 12.3 Å². The molecule has 1 heterocycles. The van der Waals surface area contributed by atoms with Crippen molar-refractivity contribution >= 4 is 0 Å². The molecule has 0 unspecified atom stereocenters. The highest BCUT2D eigenvalue weighted by Gasteiger charge is 2.45. The predicted molar refractivity (Wildman–Crippen MR) is 82.3 cm³/mol. The van der Waals surface area contributed by atoms with Crippen molar-refractivity contribution in [2.45, 2.75) is 46.1 Å². The zero-order valence-electron chi connectivity index (χ0n) is 12.9. The molecule has 2 N–H and O–H groups in total. The van der Waals surface area contributed by atoms with Crippen LogP contribution in [-0.4, -0.2) is 25.0 Å². The minimum Gasteiger partial charge on any atom is -0.323 e. The second-order valence-electron chi connectivity index (χ2n) is 5.96. The van der Waals surface area contributed by atoms with Crippen molar-refractivity contribution in [2.75, 3.05) is 20.1 Å². The Balaban J connectivity index is 0.000000637. The molecule has 19 heavy (non-hydrogen) atoms. The summed E-state index contributed by atoms with van der Waals surface area (Å²) in [6.45, 7) is 8.61. The van der Waals surface area contributed by atoms with Gasteiger partial charge in [0.15, 0.2) is 0 Å². The van der Waals surface area contributed by atoms with E-state index in [4.69, 9.17) is 5.73 Å². The van der Waals surface area contributed by atoms with Gasteiger partial charge < -0.3 is 10.6 Å². The minimum atomic E-state index is 0.256. The smallest absolute Gasteiger partial charge is 0.0359 e. The van der Waals surface area contributed by atoms with E-state index in [1.54, 1.807) is 0 Å². The molecule has 1 saturated heterocycles. The molecule has 2 heteroatoms. The Morgan fingerprint density at radius 2 is 1.84 bits per heavy atom. The van der Waals surface area contributed by atoms with Crippen LogP contribution in [0.5, 0.6) is 0 Å². The van der Waals surface area contributed by atoms with Crippen LogP contribution in [0.4, 0.5) is 0 Å². The topological polar surface area (TPSA) is 29.3 Å².